The molecule has 1 atom stereocenters. The van der Waals surface area contributed by atoms with Crippen LogP contribution in [-0.4, -0.2) is 109 Å². The molecular weight excluding hydrogens is 839 g/mol. The molecule has 0 radical (unpaired) electrons. The first-order valence-corrected chi connectivity index (χ1v) is 22.4. The van der Waals surface area contributed by atoms with E-state index in [9.17, 15) is 19.2 Å². The van der Waals surface area contributed by atoms with Crippen LogP contribution in [0, 0.1) is 17.8 Å². The van der Waals surface area contributed by atoms with Gasteiger partial charge in [-0.3, -0.25) is 19.8 Å². The molecule has 3 aliphatic rings. The van der Waals surface area contributed by atoms with E-state index in [1.54, 1.807) is 42.9 Å². The summed E-state index contributed by atoms with van der Waals surface area (Å²) in [7, 11) is 6.84. The molecule has 5 heterocycles. The maximum atomic E-state index is 13.7. The molecule has 0 spiro atoms. The van der Waals surface area contributed by atoms with Crippen LogP contribution < -0.4 is 30.7 Å². The predicted molar refractivity (Wildman–Crippen MR) is 252 cm³/mol. The zero-order valence-electron chi connectivity index (χ0n) is 37.6. The lowest BCUT2D eigenvalue weighted by molar-refractivity contribution is -0.120. The van der Waals surface area contributed by atoms with Crippen molar-refractivity contribution >= 4 is 51.5 Å². The van der Waals surface area contributed by atoms with Crippen LogP contribution in [0.15, 0.2) is 90.0 Å². The van der Waals surface area contributed by atoms with Crippen molar-refractivity contribution in [1.29, 1.82) is 0 Å². The van der Waals surface area contributed by atoms with E-state index in [0.717, 1.165) is 58.7 Å². The highest BCUT2D eigenvalue weighted by Gasteiger charge is 2.46. The van der Waals surface area contributed by atoms with Gasteiger partial charge in [-0.25, -0.2) is 19.6 Å². The van der Waals surface area contributed by atoms with Gasteiger partial charge in [-0.15, -0.1) is 0 Å². The molecule has 3 aromatic heterocycles. The lowest BCUT2D eigenvalue weighted by atomic mass is 9.87. The van der Waals surface area contributed by atoms with Crippen molar-refractivity contribution in [1.82, 2.24) is 35.1 Å². The maximum Gasteiger partial charge on any atom is 0.409 e. The number of aryl methyl sites for hydroxylation is 1. The summed E-state index contributed by atoms with van der Waals surface area (Å²) in [5.74, 6) is 7.62. The van der Waals surface area contributed by atoms with E-state index >= 15 is 0 Å². The monoisotopic (exact) mass is 891 g/mol. The van der Waals surface area contributed by atoms with Gasteiger partial charge in [0.05, 0.1) is 30.1 Å². The molecule has 4 amide bonds. The molecular formula is C50H53N9O7. The number of anilines is 2. The number of amides is 4. The van der Waals surface area contributed by atoms with Crippen molar-refractivity contribution in [2.75, 3.05) is 70.3 Å². The fraction of sp³-hybridized carbons (Fsp3) is 0.360. The number of ether oxygens (including phenoxy) is 3. The highest BCUT2D eigenvalue weighted by atomic mass is 16.6. The molecule has 1 aliphatic carbocycles. The second-order valence-corrected chi connectivity index (χ2v) is 17.1. The van der Waals surface area contributed by atoms with Crippen molar-refractivity contribution in [3.8, 4) is 28.7 Å². The molecule has 9 rings (SSSR count). The van der Waals surface area contributed by atoms with Crippen LogP contribution in [0.1, 0.15) is 48.9 Å². The number of carbonyl (C=O) groups excluding carboxylic acids is 3. The Bertz CT molecular complexity index is 2930. The van der Waals surface area contributed by atoms with Crippen molar-refractivity contribution in [3.05, 3.63) is 112 Å². The maximum absolute atomic E-state index is 13.7. The van der Waals surface area contributed by atoms with Crippen molar-refractivity contribution in [2.24, 2.45) is 13.0 Å². The van der Waals surface area contributed by atoms with Gasteiger partial charge in [-0.1, -0.05) is 48.2 Å². The van der Waals surface area contributed by atoms with Gasteiger partial charge in [0.1, 0.15) is 17.9 Å². The molecule has 6 aromatic rings. The van der Waals surface area contributed by atoms with Gasteiger partial charge < -0.3 is 38.9 Å². The Morgan fingerprint density at radius 2 is 1.77 bits per heavy atom. The fourth-order valence-electron chi connectivity index (χ4n) is 8.68. The van der Waals surface area contributed by atoms with Gasteiger partial charge >= 0.3 is 12.1 Å². The number of H-pyrrole nitrogens is 1. The third-order valence-corrected chi connectivity index (χ3v) is 12.5. The van der Waals surface area contributed by atoms with Gasteiger partial charge in [-0.2, -0.15) is 0 Å². The summed E-state index contributed by atoms with van der Waals surface area (Å²) in [4.78, 5) is 70.3. The lowest BCUT2D eigenvalue weighted by Crippen LogP contribution is -2.49. The van der Waals surface area contributed by atoms with E-state index in [2.05, 4.69) is 38.4 Å². The summed E-state index contributed by atoms with van der Waals surface area (Å²) in [6.07, 6.45) is 6.47. The summed E-state index contributed by atoms with van der Waals surface area (Å²) in [5, 5.41) is 6.99. The Labute approximate surface area is 382 Å². The van der Waals surface area contributed by atoms with Gasteiger partial charge in [0.25, 0.3) is 5.56 Å². The molecule has 3 N–H and O–H groups in total. The van der Waals surface area contributed by atoms with Crippen LogP contribution in [-0.2, 0) is 26.9 Å². The molecule has 3 fully saturated rings. The van der Waals surface area contributed by atoms with Gasteiger partial charge in [0.15, 0.2) is 5.60 Å². The lowest BCUT2D eigenvalue weighted by Gasteiger charge is -2.36. The summed E-state index contributed by atoms with van der Waals surface area (Å²) in [6.45, 7) is 2.43. The Kier molecular flexibility index (Phi) is 12.5. The molecule has 1 unspecified atom stereocenters. The minimum atomic E-state index is -1.32. The Morgan fingerprint density at radius 1 is 0.970 bits per heavy atom. The minimum absolute atomic E-state index is 0.0805. The van der Waals surface area contributed by atoms with Crippen LogP contribution in [0.25, 0.3) is 32.9 Å². The molecule has 1 saturated carbocycles. The number of urea groups is 1. The first-order chi connectivity index (χ1) is 32.0. The van der Waals surface area contributed by atoms with Crippen LogP contribution >= 0.6 is 0 Å². The molecule has 66 heavy (non-hydrogen) atoms. The number of imide groups is 1. The van der Waals surface area contributed by atoms with E-state index in [0.29, 0.717) is 60.3 Å². The normalized spacial score (nSPS) is 16.4. The number of nitrogens with zero attached hydrogens (tertiary/aromatic N) is 6. The summed E-state index contributed by atoms with van der Waals surface area (Å²) >= 11 is 0. The number of aromatic amines is 1. The van der Waals surface area contributed by atoms with Crippen molar-refractivity contribution < 1.29 is 28.6 Å². The predicted octanol–water partition coefficient (Wildman–Crippen LogP) is 5.91. The molecule has 2 aliphatic heterocycles. The molecule has 16 nitrogen and oxygen atoms in total. The largest absolute Gasteiger partial charge is 0.495 e. The highest BCUT2D eigenvalue weighted by molar-refractivity contribution is 6.06. The quantitative estimate of drug-likeness (QED) is 0.118. The third kappa shape index (κ3) is 8.91. The van der Waals surface area contributed by atoms with Crippen LogP contribution in [0.5, 0.6) is 5.75 Å². The van der Waals surface area contributed by atoms with Crippen molar-refractivity contribution in [3.63, 3.8) is 0 Å². The number of fused-ring (bicyclic) bond motifs is 2. The highest BCUT2D eigenvalue weighted by Crippen LogP contribution is 2.44. The number of rotatable bonds is 13. The SMILES string of the molecule is CNCCN(C)C(=O)OCC(OC1CC1)(c1ccccc1)c1nc(N2CCC(C#Cc3ccc(OC)c(N4CCC(=O)NC4=O)c3)CC2)nc2ccc(-c3cn(C)c(=O)c4[nH]ccc34)cc12. The fourth-order valence-corrected chi connectivity index (χ4v) is 8.68. The number of likely N-dealkylation sites (N-methyl/N-ethyl adjacent to an activating group) is 2. The summed E-state index contributed by atoms with van der Waals surface area (Å²) in [5.41, 5.74) is 4.13. The van der Waals surface area contributed by atoms with Crippen LogP contribution in [0.2, 0.25) is 0 Å². The van der Waals surface area contributed by atoms with Gasteiger partial charge in [0.2, 0.25) is 11.9 Å². The topological polar surface area (TPSA) is 176 Å². The average Bonchev–Trinajstić information content (AvgIpc) is 4.02. The standard InChI is InChI=1S/C50H53N9O7/c1-51-23-27-56(2)49(63)65-31-50(66-36-14-15-36,35-8-6-5-7-9-35)45-38-29-34(39-30-57(3)46(61)44-37(39)18-22-52-44)13-16-40(38)53-47(55-45)58-24-19-32(20-25-58)10-11-33-12-17-42(64-4)41(28-33)59-26-21-43(60)54-48(59)62/h5-9,12-13,16-18,22,28-30,32,36,51-52H,14-15,19-21,23-27,31H2,1-4H3,(H,54,60,62). The molecule has 16 heteroatoms. The van der Waals surface area contributed by atoms with Crippen LogP contribution in [0.4, 0.5) is 21.2 Å². The Morgan fingerprint density at radius 3 is 2.52 bits per heavy atom. The minimum Gasteiger partial charge on any atom is -0.495 e. The smallest absolute Gasteiger partial charge is 0.409 e. The van der Waals surface area contributed by atoms with E-state index in [1.165, 1.54) is 4.90 Å². The number of nitrogens with one attached hydrogen (secondary N) is 3. The number of pyridine rings is 1. The first-order valence-electron chi connectivity index (χ1n) is 22.4. The molecule has 0 bridgehead atoms. The van der Waals surface area contributed by atoms with Crippen molar-refractivity contribution in [2.45, 2.75) is 43.8 Å². The number of aromatic nitrogens is 4. The van der Waals surface area contributed by atoms with E-state index in [-0.39, 0.29) is 43.1 Å². The van der Waals surface area contributed by atoms with Gasteiger partial charge in [-0.05, 0) is 80.3 Å². The van der Waals surface area contributed by atoms with E-state index in [1.807, 2.05) is 73.9 Å². The number of hydrogen-bond acceptors (Lipinski definition) is 11. The molecule has 340 valence electrons. The van der Waals surface area contributed by atoms with E-state index in [4.69, 9.17) is 24.2 Å². The van der Waals surface area contributed by atoms with Gasteiger partial charge in [0, 0.05) is 93.5 Å². The number of methoxy groups -OCH3 is 1. The Hall–Kier alpha value is -7.22. The number of benzene rings is 3. The third-order valence-electron chi connectivity index (χ3n) is 12.5. The molecule has 3 aromatic carbocycles. The number of carbonyl (C=O) groups is 3. The zero-order chi connectivity index (χ0) is 46.0. The second-order valence-electron chi connectivity index (χ2n) is 17.1. The second kappa shape index (κ2) is 18.7. The zero-order valence-corrected chi connectivity index (χ0v) is 37.6. The average molecular weight is 892 g/mol. The summed E-state index contributed by atoms with van der Waals surface area (Å²) in [6, 6.07) is 22.8. The number of piperidine rings is 1. The first kappa shape index (κ1) is 44.0. The Balaban J connectivity index is 1.09. The van der Waals surface area contributed by atoms with Crippen LogP contribution in [0.3, 0.4) is 0 Å². The summed E-state index contributed by atoms with van der Waals surface area (Å²) < 4.78 is 20.5. The number of hydrogen-bond donors (Lipinski definition) is 3. The van der Waals surface area contributed by atoms with E-state index < -0.39 is 17.7 Å². The molecule has 2 saturated heterocycles.